The molecule has 2 bridgehead atoms. The van der Waals surface area contributed by atoms with Crippen molar-refractivity contribution >= 4 is 29.2 Å². The van der Waals surface area contributed by atoms with Gasteiger partial charge in [0, 0.05) is 16.7 Å². The van der Waals surface area contributed by atoms with Crippen LogP contribution in [0.5, 0.6) is 0 Å². The van der Waals surface area contributed by atoms with Gasteiger partial charge in [-0.25, -0.2) is 9.18 Å². The molecule has 3 fully saturated rings. The Labute approximate surface area is 148 Å². The van der Waals surface area contributed by atoms with Gasteiger partial charge in [-0.2, -0.15) is 0 Å². The SMILES string of the molecule is C[C@@H]1CC2CS[C@@H]1N2c1ccc(N2C[C@H](CN=[N+]=[N-])OC2=O)cc1F. The molecule has 0 spiro atoms. The fraction of sp³-hybridized carbons (Fsp3) is 0.562. The van der Waals surface area contributed by atoms with Gasteiger partial charge < -0.3 is 9.64 Å². The minimum atomic E-state index is -0.546. The van der Waals surface area contributed by atoms with E-state index >= 15 is 0 Å². The first-order valence-corrected chi connectivity index (χ1v) is 9.32. The van der Waals surface area contributed by atoms with Crippen molar-refractivity contribution in [3.8, 4) is 0 Å². The van der Waals surface area contributed by atoms with Gasteiger partial charge in [0.25, 0.3) is 0 Å². The number of fused-ring (bicyclic) bond motifs is 2. The lowest BCUT2D eigenvalue weighted by Gasteiger charge is -2.25. The van der Waals surface area contributed by atoms with Crippen LogP contribution >= 0.6 is 11.8 Å². The topological polar surface area (TPSA) is 81.5 Å². The molecule has 0 aromatic heterocycles. The number of hydrogen-bond donors (Lipinski definition) is 0. The van der Waals surface area contributed by atoms with Crippen LogP contribution in [-0.2, 0) is 4.74 Å². The Balaban J connectivity index is 1.55. The third-order valence-electron chi connectivity index (χ3n) is 5.00. The number of amides is 1. The lowest BCUT2D eigenvalue weighted by molar-refractivity contribution is 0.145. The fourth-order valence-corrected chi connectivity index (χ4v) is 5.51. The van der Waals surface area contributed by atoms with Gasteiger partial charge in [-0.05, 0) is 36.1 Å². The van der Waals surface area contributed by atoms with E-state index in [0.717, 1.165) is 12.2 Å². The number of rotatable bonds is 4. The molecule has 9 heteroatoms. The van der Waals surface area contributed by atoms with Crippen molar-refractivity contribution in [2.24, 2.45) is 11.0 Å². The van der Waals surface area contributed by atoms with E-state index < -0.39 is 12.2 Å². The maximum Gasteiger partial charge on any atom is 0.414 e. The summed E-state index contributed by atoms with van der Waals surface area (Å²) in [5.74, 6) is 1.27. The minimum absolute atomic E-state index is 0.0750. The summed E-state index contributed by atoms with van der Waals surface area (Å²) in [5.41, 5.74) is 9.42. The van der Waals surface area contributed by atoms with E-state index in [2.05, 4.69) is 21.8 Å². The highest BCUT2D eigenvalue weighted by atomic mass is 32.2. The monoisotopic (exact) mass is 363 g/mol. The molecule has 0 radical (unpaired) electrons. The molecule has 132 valence electrons. The number of carbonyl (C=O) groups excluding carboxylic acids is 1. The van der Waals surface area contributed by atoms with Gasteiger partial charge in [0.1, 0.15) is 11.9 Å². The predicted octanol–water partition coefficient (Wildman–Crippen LogP) is 3.75. The van der Waals surface area contributed by atoms with Crippen LogP contribution in [0, 0.1) is 11.7 Å². The number of halogens is 1. The van der Waals surface area contributed by atoms with Crippen LogP contribution in [0.15, 0.2) is 23.3 Å². The number of carbonyl (C=O) groups is 1. The van der Waals surface area contributed by atoms with Gasteiger partial charge in [-0.3, -0.25) is 4.90 Å². The zero-order valence-corrected chi connectivity index (χ0v) is 14.5. The highest BCUT2D eigenvalue weighted by Crippen LogP contribution is 2.48. The van der Waals surface area contributed by atoms with Gasteiger partial charge in [0.15, 0.2) is 0 Å². The minimum Gasteiger partial charge on any atom is -0.444 e. The highest BCUT2D eigenvalue weighted by Gasteiger charge is 2.45. The standard InChI is InChI=1S/C16H18FN5O2S/c1-9-4-11-8-25-15(9)22(11)14-3-2-10(5-13(14)17)21-7-12(6-19-20-18)24-16(21)23/h2-3,5,9,11-12,15H,4,6-8H2,1H3/t9-,11?,12+,15+/m1/s1. The Hall–Kier alpha value is -2.12. The number of hydrogen-bond acceptors (Lipinski definition) is 5. The van der Waals surface area contributed by atoms with Gasteiger partial charge in [0.2, 0.25) is 0 Å². The molecular formula is C16H18FN5O2S. The molecule has 1 aromatic carbocycles. The number of benzene rings is 1. The average molecular weight is 363 g/mol. The smallest absolute Gasteiger partial charge is 0.414 e. The molecular weight excluding hydrogens is 345 g/mol. The van der Waals surface area contributed by atoms with Crippen LogP contribution < -0.4 is 9.80 Å². The van der Waals surface area contributed by atoms with Crippen molar-refractivity contribution < 1.29 is 13.9 Å². The number of azide groups is 1. The zero-order chi connectivity index (χ0) is 17.6. The molecule has 1 amide bonds. The Bertz CT molecular complexity index is 756. The summed E-state index contributed by atoms with van der Waals surface area (Å²) in [7, 11) is 0. The van der Waals surface area contributed by atoms with Crippen LogP contribution in [0.4, 0.5) is 20.6 Å². The van der Waals surface area contributed by atoms with Crippen LogP contribution in [-0.4, -0.2) is 42.5 Å². The van der Waals surface area contributed by atoms with E-state index in [9.17, 15) is 9.18 Å². The van der Waals surface area contributed by atoms with Crippen molar-refractivity contribution in [3.05, 3.63) is 34.5 Å². The second-order valence-corrected chi connectivity index (χ2v) is 7.81. The molecule has 3 heterocycles. The van der Waals surface area contributed by atoms with Crippen molar-refractivity contribution in [2.45, 2.75) is 30.9 Å². The fourth-order valence-electron chi connectivity index (χ4n) is 3.91. The molecule has 7 nitrogen and oxygen atoms in total. The quantitative estimate of drug-likeness (QED) is 0.463. The largest absolute Gasteiger partial charge is 0.444 e. The number of thioether (sulfide) groups is 1. The Morgan fingerprint density at radius 3 is 3.00 bits per heavy atom. The Morgan fingerprint density at radius 1 is 1.52 bits per heavy atom. The van der Waals surface area contributed by atoms with Crippen LogP contribution in [0.2, 0.25) is 0 Å². The first kappa shape index (κ1) is 16.4. The van der Waals surface area contributed by atoms with Crippen LogP contribution in [0.25, 0.3) is 10.4 Å². The van der Waals surface area contributed by atoms with E-state index in [1.54, 1.807) is 12.1 Å². The van der Waals surface area contributed by atoms with E-state index in [0.29, 0.717) is 28.7 Å². The number of cyclic esters (lactones) is 1. The first-order valence-electron chi connectivity index (χ1n) is 8.27. The Morgan fingerprint density at radius 2 is 2.36 bits per heavy atom. The highest BCUT2D eigenvalue weighted by molar-refractivity contribution is 8.00. The summed E-state index contributed by atoms with van der Waals surface area (Å²) in [5, 5.41) is 3.75. The molecule has 0 aliphatic carbocycles. The molecule has 3 aliphatic heterocycles. The third kappa shape index (κ3) is 2.77. The van der Waals surface area contributed by atoms with E-state index in [1.807, 2.05) is 11.8 Å². The average Bonchev–Trinajstić information content (AvgIpc) is 3.25. The van der Waals surface area contributed by atoms with E-state index in [-0.39, 0.29) is 18.9 Å². The van der Waals surface area contributed by atoms with E-state index in [1.165, 1.54) is 11.0 Å². The molecule has 1 aromatic rings. The van der Waals surface area contributed by atoms with Gasteiger partial charge in [-0.1, -0.05) is 12.0 Å². The van der Waals surface area contributed by atoms with Crippen LogP contribution in [0.3, 0.4) is 0 Å². The summed E-state index contributed by atoms with van der Waals surface area (Å²) >= 11 is 1.88. The molecule has 3 aliphatic rings. The van der Waals surface area contributed by atoms with Gasteiger partial charge >= 0.3 is 6.09 Å². The second-order valence-electron chi connectivity index (χ2n) is 6.66. The predicted molar refractivity (Wildman–Crippen MR) is 94.3 cm³/mol. The molecule has 0 N–H and O–H groups in total. The molecule has 4 rings (SSSR count). The molecule has 1 unspecified atom stereocenters. The first-order chi connectivity index (χ1) is 12.1. The maximum absolute atomic E-state index is 14.8. The molecule has 3 saturated heterocycles. The summed E-state index contributed by atoms with van der Waals surface area (Å²) in [6.45, 7) is 2.53. The van der Waals surface area contributed by atoms with Crippen molar-refractivity contribution in [2.75, 3.05) is 28.6 Å². The summed E-state index contributed by atoms with van der Waals surface area (Å²) < 4.78 is 19.9. The second kappa shape index (κ2) is 6.31. The zero-order valence-electron chi connectivity index (χ0n) is 13.7. The van der Waals surface area contributed by atoms with Crippen molar-refractivity contribution in [1.29, 1.82) is 0 Å². The lowest BCUT2D eigenvalue weighted by atomic mass is 10.1. The number of anilines is 2. The number of ether oxygens (including phenoxy) is 1. The molecule has 4 atom stereocenters. The van der Waals surface area contributed by atoms with Gasteiger partial charge in [-0.15, -0.1) is 11.8 Å². The molecule has 0 saturated carbocycles. The van der Waals surface area contributed by atoms with Crippen LogP contribution in [0.1, 0.15) is 13.3 Å². The lowest BCUT2D eigenvalue weighted by Crippen LogP contribution is -2.30. The third-order valence-corrected chi connectivity index (χ3v) is 6.61. The summed E-state index contributed by atoms with van der Waals surface area (Å²) in [4.78, 5) is 18.2. The van der Waals surface area contributed by atoms with Gasteiger partial charge in [0.05, 0.1) is 29.8 Å². The Kier molecular flexibility index (Phi) is 4.13. The molecule has 25 heavy (non-hydrogen) atoms. The maximum atomic E-state index is 14.8. The number of nitrogens with zero attached hydrogens (tertiary/aromatic N) is 5. The summed E-state index contributed by atoms with van der Waals surface area (Å²) in [6.07, 6.45) is 0.0480. The normalized spacial score (nSPS) is 30.6. The van der Waals surface area contributed by atoms with E-state index in [4.69, 9.17) is 10.3 Å². The summed E-state index contributed by atoms with van der Waals surface area (Å²) in [6, 6.07) is 5.28. The van der Waals surface area contributed by atoms with Crippen molar-refractivity contribution in [1.82, 2.24) is 0 Å². The van der Waals surface area contributed by atoms with Crippen molar-refractivity contribution in [3.63, 3.8) is 0 Å².